The average molecular weight is 255 g/mol. The molecular weight excluding hydrogens is 241 g/mol. The van der Waals surface area contributed by atoms with Crippen molar-refractivity contribution in [1.82, 2.24) is 9.97 Å². The number of hydrogen-bond donors (Lipinski definition) is 0. The molecule has 2 heterocycles. The fraction of sp³-hybridized carbons (Fsp3) is 0.200. The summed E-state index contributed by atoms with van der Waals surface area (Å²) in [7, 11) is 0. The molecule has 0 radical (unpaired) electrons. The van der Waals surface area contributed by atoms with Crippen LogP contribution in [0.25, 0.3) is 5.57 Å². The Hall–Kier alpha value is -2.23. The first kappa shape index (κ1) is 11.8. The van der Waals surface area contributed by atoms with Crippen molar-refractivity contribution >= 4 is 11.5 Å². The van der Waals surface area contributed by atoms with Gasteiger partial charge >= 0.3 is 0 Å². The van der Waals surface area contributed by atoms with Crippen LogP contribution in [0.4, 0.5) is 10.3 Å². The minimum atomic E-state index is -0.195. The third-order valence-corrected chi connectivity index (χ3v) is 3.26. The lowest BCUT2D eigenvalue weighted by Crippen LogP contribution is -2.29. The van der Waals surface area contributed by atoms with Gasteiger partial charge in [-0.05, 0) is 35.8 Å². The van der Waals surface area contributed by atoms with Crippen molar-refractivity contribution in [2.45, 2.75) is 6.42 Å². The zero-order valence-electron chi connectivity index (χ0n) is 10.5. The van der Waals surface area contributed by atoms with Crippen LogP contribution in [0.1, 0.15) is 12.0 Å². The molecule has 1 aromatic carbocycles. The fourth-order valence-corrected chi connectivity index (χ4v) is 2.23. The second-order valence-corrected chi connectivity index (χ2v) is 4.48. The van der Waals surface area contributed by atoms with Crippen molar-refractivity contribution in [3.8, 4) is 0 Å². The van der Waals surface area contributed by atoms with Crippen LogP contribution in [-0.2, 0) is 0 Å². The van der Waals surface area contributed by atoms with Gasteiger partial charge in [-0.15, -0.1) is 0 Å². The maximum Gasteiger partial charge on any atom is 0.225 e. The van der Waals surface area contributed by atoms with Gasteiger partial charge in [0.2, 0.25) is 5.95 Å². The Morgan fingerprint density at radius 1 is 1.05 bits per heavy atom. The van der Waals surface area contributed by atoms with Gasteiger partial charge < -0.3 is 4.90 Å². The van der Waals surface area contributed by atoms with E-state index < -0.39 is 0 Å². The Labute approximate surface area is 111 Å². The van der Waals surface area contributed by atoms with Crippen LogP contribution < -0.4 is 4.90 Å². The smallest absolute Gasteiger partial charge is 0.225 e. The van der Waals surface area contributed by atoms with E-state index in [0.29, 0.717) is 0 Å². The molecule has 0 saturated carbocycles. The molecule has 1 aliphatic rings. The standard InChI is InChI=1S/C15H14FN3/c16-14-4-2-12(3-5-14)13-6-10-19(11-7-13)15-17-8-1-9-18-15/h1-6,8-9H,7,10-11H2. The van der Waals surface area contributed by atoms with Gasteiger partial charge in [0.05, 0.1) is 0 Å². The maximum absolute atomic E-state index is 12.9. The van der Waals surface area contributed by atoms with Crippen molar-refractivity contribution in [2.24, 2.45) is 0 Å². The van der Waals surface area contributed by atoms with E-state index >= 15 is 0 Å². The van der Waals surface area contributed by atoms with E-state index in [1.165, 1.54) is 17.7 Å². The number of hydrogen-bond acceptors (Lipinski definition) is 3. The SMILES string of the molecule is Fc1ccc(C2=CCN(c3ncccn3)CC2)cc1. The Bertz CT molecular complexity index is 578. The summed E-state index contributed by atoms with van der Waals surface area (Å²) in [5.41, 5.74) is 2.35. The number of aromatic nitrogens is 2. The Kier molecular flexibility index (Phi) is 3.23. The maximum atomic E-state index is 12.9. The second kappa shape index (κ2) is 5.18. The Morgan fingerprint density at radius 2 is 1.79 bits per heavy atom. The van der Waals surface area contributed by atoms with Crippen LogP contribution in [-0.4, -0.2) is 23.1 Å². The number of benzene rings is 1. The summed E-state index contributed by atoms with van der Waals surface area (Å²) in [6.07, 6.45) is 6.58. The monoisotopic (exact) mass is 255 g/mol. The molecule has 4 heteroatoms. The fourth-order valence-electron chi connectivity index (χ4n) is 2.23. The number of nitrogens with zero attached hydrogens (tertiary/aromatic N) is 3. The molecule has 0 bridgehead atoms. The molecule has 1 aliphatic heterocycles. The van der Waals surface area contributed by atoms with Crippen LogP contribution in [0.15, 0.2) is 48.8 Å². The van der Waals surface area contributed by atoms with Gasteiger partial charge in [-0.3, -0.25) is 0 Å². The highest BCUT2D eigenvalue weighted by Gasteiger charge is 2.14. The van der Waals surface area contributed by atoms with Crippen LogP contribution in [0.5, 0.6) is 0 Å². The molecule has 0 spiro atoms. The van der Waals surface area contributed by atoms with Gasteiger partial charge in [-0.2, -0.15) is 0 Å². The van der Waals surface area contributed by atoms with Gasteiger partial charge in [0, 0.05) is 25.5 Å². The lowest BCUT2D eigenvalue weighted by molar-refractivity contribution is 0.627. The van der Waals surface area contributed by atoms with Crippen LogP contribution in [0.3, 0.4) is 0 Å². The molecule has 2 aromatic rings. The topological polar surface area (TPSA) is 29.0 Å². The quantitative estimate of drug-likeness (QED) is 0.826. The first-order valence-electron chi connectivity index (χ1n) is 6.30. The summed E-state index contributed by atoms with van der Waals surface area (Å²) in [4.78, 5) is 10.6. The zero-order chi connectivity index (χ0) is 13.1. The first-order chi connectivity index (χ1) is 9.33. The largest absolute Gasteiger partial charge is 0.337 e. The van der Waals surface area contributed by atoms with Crippen LogP contribution >= 0.6 is 0 Å². The lowest BCUT2D eigenvalue weighted by atomic mass is 10.00. The molecule has 1 aromatic heterocycles. The molecule has 96 valence electrons. The molecule has 0 N–H and O–H groups in total. The van der Waals surface area contributed by atoms with Gasteiger partial charge in [0.15, 0.2) is 0 Å². The molecule has 0 amide bonds. The van der Waals surface area contributed by atoms with E-state index in [9.17, 15) is 4.39 Å². The number of halogens is 1. The zero-order valence-corrected chi connectivity index (χ0v) is 10.5. The van der Waals surface area contributed by atoms with Crippen LogP contribution in [0.2, 0.25) is 0 Å². The average Bonchev–Trinajstić information content (AvgIpc) is 2.49. The minimum Gasteiger partial charge on any atom is -0.337 e. The summed E-state index contributed by atoms with van der Waals surface area (Å²) in [6, 6.07) is 8.48. The summed E-state index contributed by atoms with van der Waals surface area (Å²) in [5, 5.41) is 0. The lowest BCUT2D eigenvalue weighted by Gasteiger charge is -2.26. The summed E-state index contributed by atoms with van der Waals surface area (Å²) in [5.74, 6) is 0.566. The molecule has 0 atom stereocenters. The van der Waals surface area contributed by atoms with E-state index in [1.54, 1.807) is 12.4 Å². The number of anilines is 1. The van der Waals surface area contributed by atoms with Crippen molar-refractivity contribution < 1.29 is 4.39 Å². The summed E-state index contributed by atoms with van der Waals surface area (Å²) in [6.45, 7) is 1.67. The molecule has 0 fully saturated rings. The molecule has 3 nitrogen and oxygen atoms in total. The van der Waals surface area contributed by atoms with E-state index in [1.807, 2.05) is 18.2 Å². The predicted molar refractivity (Wildman–Crippen MR) is 73.2 cm³/mol. The van der Waals surface area contributed by atoms with Gasteiger partial charge in [-0.25, -0.2) is 14.4 Å². The van der Waals surface area contributed by atoms with E-state index in [4.69, 9.17) is 0 Å². The highest BCUT2D eigenvalue weighted by atomic mass is 19.1. The second-order valence-electron chi connectivity index (χ2n) is 4.48. The van der Waals surface area contributed by atoms with Crippen molar-refractivity contribution in [3.05, 3.63) is 60.2 Å². The molecule has 0 aliphatic carbocycles. The van der Waals surface area contributed by atoms with E-state index in [0.717, 1.165) is 31.0 Å². The highest BCUT2D eigenvalue weighted by molar-refractivity contribution is 5.68. The summed E-state index contributed by atoms with van der Waals surface area (Å²) < 4.78 is 12.9. The third kappa shape index (κ3) is 2.62. The van der Waals surface area contributed by atoms with Crippen molar-refractivity contribution in [2.75, 3.05) is 18.0 Å². The molecule has 0 unspecified atom stereocenters. The predicted octanol–water partition coefficient (Wildman–Crippen LogP) is 2.91. The normalized spacial score (nSPS) is 15.2. The Morgan fingerprint density at radius 3 is 2.42 bits per heavy atom. The van der Waals surface area contributed by atoms with Crippen molar-refractivity contribution in [1.29, 1.82) is 0 Å². The molecule has 19 heavy (non-hydrogen) atoms. The number of rotatable bonds is 2. The van der Waals surface area contributed by atoms with Gasteiger partial charge in [0.25, 0.3) is 0 Å². The van der Waals surface area contributed by atoms with Gasteiger partial charge in [-0.1, -0.05) is 18.2 Å². The minimum absolute atomic E-state index is 0.195. The molecule has 3 rings (SSSR count). The van der Waals surface area contributed by atoms with E-state index in [2.05, 4.69) is 20.9 Å². The first-order valence-corrected chi connectivity index (χ1v) is 6.30. The van der Waals surface area contributed by atoms with Crippen LogP contribution in [0, 0.1) is 5.82 Å². The van der Waals surface area contributed by atoms with E-state index in [-0.39, 0.29) is 5.82 Å². The van der Waals surface area contributed by atoms with Crippen molar-refractivity contribution in [3.63, 3.8) is 0 Å². The highest BCUT2D eigenvalue weighted by Crippen LogP contribution is 2.23. The molecular formula is C15H14FN3. The third-order valence-electron chi connectivity index (χ3n) is 3.26. The Balaban J connectivity index is 1.75. The summed E-state index contributed by atoms with van der Waals surface area (Å²) >= 11 is 0. The molecule has 0 saturated heterocycles. The van der Waals surface area contributed by atoms with Gasteiger partial charge in [0.1, 0.15) is 5.82 Å².